The van der Waals surface area contributed by atoms with Crippen molar-refractivity contribution in [3.8, 4) is 0 Å². The predicted molar refractivity (Wildman–Crippen MR) is 64.2 cm³/mol. The van der Waals surface area contributed by atoms with Crippen LogP contribution in [0.5, 0.6) is 0 Å². The van der Waals surface area contributed by atoms with Gasteiger partial charge in [-0.1, -0.05) is 6.07 Å². The number of hydrogen-bond donors (Lipinski definition) is 1. The first-order valence-corrected chi connectivity index (χ1v) is 6.08. The Labute approximate surface area is 97.2 Å². The van der Waals surface area contributed by atoms with Crippen LogP contribution in [0.3, 0.4) is 0 Å². The summed E-state index contributed by atoms with van der Waals surface area (Å²) in [5.74, 6) is 0.753. The smallest absolute Gasteiger partial charge is 0.0570 e. The normalized spacial score (nSPS) is 22.2. The largest absolute Gasteiger partial charge is 0.381 e. The Morgan fingerprint density at radius 2 is 2.50 bits per heavy atom. The van der Waals surface area contributed by atoms with Gasteiger partial charge in [0.1, 0.15) is 0 Å². The van der Waals surface area contributed by atoms with Gasteiger partial charge < -0.3 is 10.1 Å². The highest BCUT2D eigenvalue weighted by molar-refractivity contribution is 5.07. The zero-order chi connectivity index (χ0) is 11.2. The van der Waals surface area contributed by atoms with Gasteiger partial charge in [-0.15, -0.1) is 0 Å². The van der Waals surface area contributed by atoms with E-state index < -0.39 is 0 Å². The van der Waals surface area contributed by atoms with Gasteiger partial charge in [0.2, 0.25) is 0 Å². The van der Waals surface area contributed by atoms with E-state index in [9.17, 15) is 0 Å². The van der Waals surface area contributed by atoms with Crippen LogP contribution in [0.4, 0.5) is 0 Å². The third-order valence-corrected chi connectivity index (χ3v) is 3.16. The Bertz CT molecular complexity index is 296. The molecule has 0 amide bonds. The summed E-state index contributed by atoms with van der Waals surface area (Å²) >= 11 is 0. The lowest BCUT2D eigenvalue weighted by Crippen LogP contribution is -2.22. The Morgan fingerprint density at radius 3 is 3.19 bits per heavy atom. The number of rotatable bonds is 5. The molecule has 0 radical (unpaired) electrons. The minimum atomic E-state index is 0.337. The molecule has 3 nitrogen and oxygen atoms in total. The van der Waals surface area contributed by atoms with E-state index in [1.54, 1.807) is 0 Å². The quantitative estimate of drug-likeness (QED) is 0.825. The fourth-order valence-corrected chi connectivity index (χ4v) is 2.05. The lowest BCUT2D eigenvalue weighted by atomic mass is 10.1. The van der Waals surface area contributed by atoms with E-state index in [1.807, 2.05) is 18.3 Å². The maximum Gasteiger partial charge on any atom is 0.0570 e. The van der Waals surface area contributed by atoms with Crippen LogP contribution in [0.2, 0.25) is 0 Å². The lowest BCUT2D eigenvalue weighted by molar-refractivity contribution is 0.184. The summed E-state index contributed by atoms with van der Waals surface area (Å²) in [6, 6.07) is 6.39. The van der Waals surface area contributed by atoms with E-state index in [1.165, 1.54) is 12.8 Å². The minimum Gasteiger partial charge on any atom is -0.381 e. The van der Waals surface area contributed by atoms with Crippen LogP contribution in [0.15, 0.2) is 24.4 Å². The molecule has 1 aromatic heterocycles. The highest BCUT2D eigenvalue weighted by Crippen LogP contribution is 2.16. The summed E-state index contributed by atoms with van der Waals surface area (Å²) in [4.78, 5) is 4.34. The van der Waals surface area contributed by atoms with Crippen LogP contribution in [-0.2, 0) is 4.74 Å². The van der Waals surface area contributed by atoms with Crippen molar-refractivity contribution in [1.82, 2.24) is 10.3 Å². The molecule has 2 rings (SSSR count). The number of aromatic nitrogens is 1. The van der Waals surface area contributed by atoms with Crippen LogP contribution in [0.25, 0.3) is 0 Å². The Hall–Kier alpha value is -0.930. The van der Waals surface area contributed by atoms with E-state index >= 15 is 0 Å². The number of nitrogens with one attached hydrogen (secondary N) is 1. The molecule has 1 aromatic rings. The van der Waals surface area contributed by atoms with Crippen LogP contribution in [0.1, 0.15) is 31.5 Å². The molecule has 0 spiro atoms. The van der Waals surface area contributed by atoms with Crippen molar-refractivity contribution in [3.05, 3.63) is 30.1 Å². The molecule has 1 fully saturated rings. The molecule has 1 aliphatic rings. The van der Waals surface area contributed by atoms with Gasteiger partial charge in [-0.25, -0.2) is 0 Å². The molecule has 1 aliphatic heterocycles. The van der Waals surface area contributed by atoms with E-state index in [4.69, 9.17) is 4.74 Å². The molecule has 16 heavy (non-hydrogen) atoms. The average molecular weight is 220 g/mol. The topological polar surface area (TPSA) is 34.1 Å². The zero-order valence-electron chi connectivity index (χ0n) is 9.86. The van der Waals surface area contributed by atoms with E-state index in [0.29, 0.717) is 6.04 Å². The van der Waals surface area contributed by atoms with Gasteiger partial charge in [-0.3, -0.25) is 4.98 Å². The first-order chi connectivity index (χ1) is 7.86. The molecule has 3 heteroatoms. The van der Waals surface area contributed by atoms with Crippen LogP contribution in [0, 0.1) is 5.92 Å². The summed E-state index contributed by atoms with van der Waals surface area (Å²) < 4.78 is 5.36. The Kier molecular flexibility index (Phi) is 4.31. The van der Waals surface area contributed by atoms with Gasteiger partial charge in [0.25, 0.3) is 0 Å². The summed E-state index contributed by atoms with van der Waals surface area (Å²) in [7, 11) is 0. The number of ether oxygens (including phenoxy) is 1. The lowest BCUT2D eigenvalue weighted by Gasteiger charge is -2.14. The standard InChI is InChI=1S/C13H20N2O/c1-11(13-4-2-3-7-15-13)14-8-5-12-6-9-16-10-12/h2-4,7,11-12,14H,5-6,8-10H2,1H3. The highest BCUT2D eigenvalue weighted by Gasteiger charge is 2.15. The molecule has 2 heterocycles. The van der Waals surface area contributed by atoms with Crippen molar-refractivity contribution in [2.24, 2.45) is 5.92 Å². The molecule has 0 bridgehead atoms. The summed E-state index contributed by atoms with van der Waals surface area (Å²) in [5.41, 5.74) is 1.12. The first-order valence-electron chi connectivity index (χ1n) is 6.08. The molecule has 88 valence electrons. The van der Waals surface area contributed by atoms with Gasteiger partial charge >= 0.3 is 0 Å². The van der Waals surface area contributed by atoms with Gasteiger partial charge in [-0.2, -0.15) is 0 Å². The number of hydrogen-bond acceptors (Lipinski definition) is 3. The third kappa shape index (κ3) is 3.29. The fraction of sp³-hybridized carbons (Fsp3) is 0.615. The molecule has 0 saturated carbocycles. The van der Waals surface area contributed by atoms with Gasteiger partial charge in [0, 0.05) is 25.5 Å². The van der Waals surface area contributed by atoms with Crippen LogP contribution in [-0.4, -0.2) is 24.7 Å². The minimum absolute atomic E-state index is 0.337. The maximum absolute atomic E-state index is 5.36. The third-order valence-electron chi connectivity index (χ3n) is 3.16. The molecular weight excluding hydrogens is 200 g/mol. The van der Waals surface area contributed by atoms with E-state index in [-0.39, 0.29) is 0 Å². The van der Waals surface area contributed by atoms with E-state index in [2.05, 4.69) is 23.3 Å². The molecule has 2 atom stereocenters. The summed E-state index contributed by atoms with van der Waals surface area (Å²) in [5, 5.41) is 3.51. The monoisotopic (exact) mass is 220 g/mol. The van der Waals surface area contributed by atoms with Crippen molar-refractivity contribution in [2.75, 3.05) is 19.8 Å². The van der Waals surface area contributed by atoms with Crippen molar-refractivity contribution in [1.29, 1.82) is 0 Å². The number of pyridine rings is 1. The first kappa shape index (κ1) is 11.6. The van der Waals surface area contributed by atoms with Crippen molar-refractivity contribution < 1.29 is 4.74 Å². The van der Waals surface area contributed by atoms with E-state index in [0.717, 1.165) is 31.4 Å². The Morgan fingerprint density at radius 1 is 1.56 bits per heavy atom. The second kappa shape index (κ2) is 5.97. The van der Waals surface area contributed by atoms with Crippen LogP contribution < -0.4 is 5.32 Å². The van der Waals surface area contributed by atoms with Gasteiger partial charge in [-0.05, 0) is 44.4 Å². The molecule has 2 unspecified atom stereocenters. The molecular formula is C13H20N2O. The molecule has 0 aromatic carbocycles. The predicted octanol–water partition coefficient (Wildman–Crippen LogP) is 2.16. The maximum atomic E-state index is 5.36. The second-order valence-corrected chi connectivity index (χ2v) is 4.45. The second-order valence-electron chi connectivity index (χ2n) is 4.45. The summed E-state index contributed by atoms with van der Waals surface area (Å²) in [6.07, 6.45) is 4.27. The average Bonchev–Trinajstić information content (AvgIpc) is 2.83. The highest BCUT2D eigenvalue weighted by atomic mass is 16.5. The molecule has 1 N–H and O–H groups in total. The molecule has 0 aliphatic carbocycles. The fourth-order valence-electron chi connectivity index (χ4n) is 2.05. The van der Waals surface area contributed by atoms with Crippen molar-refractivity contribution in [3.63, 3.8) is 0 Å². The SMILES string of the molecule is CC(NCCC1CCOC1)c1ccccn1. The Balaban J connectivity index is 1.69. The van der Waals surface area contributed by atoms with Crippen molar-refractivity contribution in [2.45, 2.75) is 25.8 Å². The summed E-state index contributed by atoms with van der Waals surface area (Å²) in [6.45, 7) is 5.10. The molecule has 1 saturated heterocycles. The van der Waals surface area contributed by atoms with Gasteiger partial charge in [0.05, 0.1) is 5.69 Å². The zero-order valence-corrected chi connectivity index (χ0v) is 9.86. The van der Waals surface area contributed by atoms with Crippen molar-refractivity contribution >= 4 is 0 Å². The number of nitrogens with zero attached hydrogens (tertiary/aromatic N) is 1. The van der Waals surface area contributed by atoms with Crippen LogP contribution >= 0.6 is 0 Å². The van der Waals surface area contributed by atoms with Gasteiger partial charge in [0.15, 0.2) is 0 Å².